The highest BCUT2D eigenvalue weighted by molar-refractivity contribution is 9.10. The van der Waals surface area contributed by atoms with E-state index in [2.05, 4.69) is 15.9 Å². The number of rotatable bonds is 5. The van der Waals surface area contributed by atoms with Crippen molar-refractivity contribution < 1.29 is 8.42 Å². The van der Waals surface area contributed by atoms with Crippen LogP contribution in [0.1, 0.15) is 11.1 Å². The van der Waals surface area contributed by atoms with Crippen molar-refractivity contribution in [3.63, 3.8) is 0 Å². The van der Waals surface area contributed by atoms with Gasteiger partial charge in [0.2, 0.25) is 10.0 Å². The van der Waals surface area contributed by atoms with Crippen LogP contribution in [0.15, 0.2) is 57.9 Å². The lowest BCUT2D eigenvalue weighted by Crippen LogP contribution is -2.26. The Balaban J connectivity index is 2.19. The van der Waals surface area contributed by atoms with Crippen molar-refractivity contribution in [2.24, 2.45) is 5.73 Å². The maximum absolute atomic E-state index is 12.5. The molecule has 6 heteroatoms. The van der Waals surface area contributed by atoms with Crippen LogP contribution in [0.5, 0.6) is 0 Å². The van der Waals surface area contributed by atoms with Gasteiger partial charge in [-0.05, 0) is 35.4 Å². The van der Waals surface area contributed by atoms with Gasteiger partial charge in [0, 0.05) is 24.6 Å². The summed E-state index contributed by atoms with van der Waals surface area (Å²) in [4.78, 5) is 0.277. The first-order valence-corrected chi connectivity index (χ1v) is 8.66. The molecule has 2 N–H and O–H groups in total. The van der Waals surface area contributed by atoms with E-state index in [1.165, 1.54) is 4.31 Å². The molecule has 4 nitrogen and oxygen atoms in total. The molecule has 112 valence electrons. The summed E-state index contributed by atoms with van der Waals surface area (Å²) in [6.07, 6.45) is 0. The maximum Gasteiger partial charge on any atom is 0.243 e. The van der Waals surface area contributed by atoms with E-state index in [4.69, 9.17) is 5.73 Å². The molecule has 0 unspecified atom stereocenters. The topological polar surface area (TPSA) is 63.4 Å². The smallest absolute Gasteiger partial charge is 0.243 e. The molecule has 0 heterocycles. The van der Waals surface area contributed by atoms with Crippen molar-refractivity contribution in [2.45, 2.75) is 18.0 Å². The second-order valence-corrected chi connectivity index (χ2v) is 7.70. The average molecular weight is 369 g/mol. The van der Waals surface area contributed by atoms with Crippen LogP contribution in [0.3, 0.4) is 0 Å². The molecule has 0 fully saturated rings. The zero-order valence-corrected chi connectivity index (χ0v) is 14.1. The average Bonchev–Trinajstić information content (AvgIpc) is 2.49. The van der Waals surface area contributed by atoms with Crippen molar-refractivity contribution in [3.8, 4) is 0 Å². The Morgan fingerprint density at radius 2 is 1.52 bits per heavy atom. The number of benzene rings is 2. The summed E-state index contributed by atoms with van der Waals surface area (Å²) in [6.45, 7) is 0.726. The summed E-state index contributed by atoms with van der Waals surface area (Å²) in [7, 11) is -1.91. The molecule has 0 spiro atoms. The Morgan fingerprint density at radius 3 is 2.05 bits per heavy atom. The largest absolute Gasteiger partial charge is 0.326 e. The number of nitrogens with zero attached hydrogens (tertiary/aromatic N) is 1. The molecule has 0 aliphatic carbocycles. The van der Waals surface area contributed by atoms with Gasteiger partial charge in [0.15, 0.2) is 0 Å². The summed E-state index contributed by atoms with van der Waals surface area (Å²) in [6, 6.07) is 14.2. The number of hydrogen-bond acceptors (Lipinski definition) is 3. The van der Waals surface area contributed by atoms with Crippen LogP contribution < -0.4 is 5.73 Å². The third-order valence-electron chi connectivity index (χ3n) is 3.19. The van der Waals surface area contributed by atoms with Crippen molar-refractivity contribution in [1.29, 1.82) is 0 Å². The van der Waals surface area contributed by atoms with E-state index >= 15 is 0 Å². The SMILES string of the molecule is CN(Cc1ccc(Br)cc1)S(=O)(=O)c1ccc(CN)cc1. The van der Waals surface area contributed by atoms with Gasteiger partial charge in [0.25, 0.3) is 0 Å². The fraction of sp³-hybridized carbons (Fsp3) is 0.200. The lowest BCUT2D eigenvalue weighted by molar-refractivity contribution is 0.466. The Labute approximate surface area is 133 Å². The summed E-state index contributed by atoms with van der Waals surface area (Å²) < 4.78 is 27.3. The fourth-order valence-electron chi connectivity index (χ4n) is 1.91. The zero-order valence-electron chi connectivity index (χ0n) is 11.7. The predicted molar refractivity (Wildman–Crippen MR) is 87.1 cm³/mol. The van der Waals surface area contributed by atoms with Crippen LogP contribution in [0.2, 0.25) is 0 Å². The molecule has 0 radical (unpaired) electrons. The molecular weight excluding hydrogens is 352 g/mol. The van der Waals surface area contributed by atoms with Crippen LogP contribution in [0, 0.1) is 0 Å². The first-order valence-electron chi connectivity index (χ1n) is 6.43. The van der Waals surface area contributed by atoms with E-state index in [1.807, 2.05) is 24.3 Å². The van der Waals surface area contributed by atoms with E-state index in [0.29, 0.717) is 13.1 Å². The standard InChI is InChI=1S/C15H17BrN2O2S/c1-18(11-13-2-6-14(16)7-3-13)21(19,20)15-8-4-12(10-17)5-9-15/h2-9H,10-11,17H2,1H3. The molecule has 0 aliphatic heterocycles. The van der Waals surface area contributed by atoms with Crippen molar-refractivity contribution >= 4 is 26.0 Å². The normalized spacial score (nSPS) is 11.8. The monoisotopic (exact) mass is 368 g/mol. The molecule has 2 aromatic carbocycles. The molecule has 0 bridgehead atoms. The summed E-state index contributed by atoms with van der Waals surface area (Å²) >= 11 is 3.36. The van der Waals surface area contributed by atoms with E-state index in [-0.39, 0.29) is 4.90 Å². The minimum absolute atomic E-state index is 0.277. The van der Waals surface area contributed by atoms with E-state index in [0.717, 1.165) is 15.6 Å². The molecule has 0 saturated heterocycles. The Kier molecular flexibility index (Phi) is 5.16. The maximum atomic E-state index is 12.5. The predicted octanol–water partition coefficient (Wildman–Crippen LogP) is 2.73. The molecule has 0 saturated carbocycles. The van der Waals surface area contributed by atoms with Crippen molar-refractivity contribution in [1.82, 2.24) is 4.31 Å². The van der Waals surface area contributed by atoms with E-state index < -0.39 is 10.0 Å². The van der Waals surface area contributed by atoms with Crippen LogP contribution in [0.25, 0.3) is 0 Å². The molecule has 2 aromatic rings. The van der Waals surface area contributed by atoms with Crippen LogP contribution in [-0.4, -0.2) is 19.8 Å². The molecule has 0 aliphatic rings. The Hall–Kier alpha value is -1.21. The van der Waals surface area contributed by atoms with Gasteiger partial charge in [-0.1, -0.05) is 40.2 Å². The first kappa shape index (κ1) is 16.2. The molecular formula is C15H17BrN2O2S. The van der Waals surface area contributed by atoms with Gasteiger partial charge in [0.1, 0.15) is 0 Å². The molecule has 0 amide bonds. The van der Waals surface area contributed by atoms with E-state index in [9.17, 15) is 8.42 Å². The highest BCUT2D eigenvalue weighted by Crippen LogP contribution is 2.18. The fourth-order valence-corrected chi connectivity index (χ4v) is 3.33. The lowest BCUT2D eigenvalue weighted by Gasteiger charge is -2.17. The van der Waals surface area contributed by atoms with Crippen LogP contribution >= 0.6 is 15.9 Å². The number of hydrogen-bond donors (Lipinski definition) is 1. The lowest BCUT2D eigenvalue weighted by atomic mass is 10.2. The van der Waals surface area contributed by atoms with Crippen molar-refractivity contribution in [2.75, 3.05) is 7.05 Å². The minimum atomic E-state index is -3.49. The second kappa shape index (κ2) is 6.70. The van der Waals surface area contributed by atoms with E-state index in [1.54, 1.807) is 31.3 Å². The Morgan fingerprint density at radius 1 is 1.00 bits per heavy atom. The van der Waals surface area contributed by atoms with Gasteiger partial charge in [-0.15, -0.1) is 0 Å². The van der Waals surface area contributed by atoms with Crippen LogP contribution in [0.4, 0.5) is 0 Å². The highest BCUT2D eigenvalue weighted by Gasteiger charge is 2.20. The Bertz CT molecular complexity index is 697. The number of halogens is 1. The van der Waals surface area contributed by atoms with Gasteiger partial charge in [0.05, 0.1) is 4.90 Å². The summed E-state index contributed by atoms with van der Waals surface area (Å²) in [5.41, 5.74) is 7.36. The second-order valence-electron chi connectivity index (χ2n) is 4.74. The number of nitrogens with two attached hydrogens (primary N) is 1. The summed E-state index contributed by atoms with van der Waals surface area (Å²) in [5.74, 6) is 0. The van der Waals surface area contributed by atoms with Crippen LogP contribution in [-0.2, 0) is 23.1 Å². The van der Waals surface area contributed by atoms with Gasteiger partial charge < -0.3 is 5.73 Å². The van der Waals surface area contributed by atoms with Gasteiger partial charge in [-0.3, -0.25) is 0 Å². The zero-order chi connectivity index (χ0) is 15.5. The molecule has 0 aromatic heterocycles. The van der Waals surface area contributed by atoms with Gasteiger partial charge in [-0.2, -0.15) is 4.31 Å². The first-order chi connectivity index (χ1) is 9.93. The molecule has 21 heavy (non-hydrogen) atoms. The number of sulfonamides is 1. The van der Waals surface area contributed by atoms with Crippen molar-refractivity contribution in [3.05, 3.63) is 64.1 Å². The van der Waals surface area contributed by atoms with Gasteiger partial charge in [-0.25, -0.2) is 8.42 Å². The highest BCUT2D eigenvalue weighted by atomic mass is 79.9. The van der Waals surface area contributed by atoms with Gasteiger partial charge >= 0.3 is 0 Å². The molecule has 0 atom stereocenters. The third kappa shape index (κ3) is 3.91. The molecule has 2 rings (SSSR count). The summed E-state index contributed by atoms with van der Waals surface area (Å²) in [5, 5.41) is 0. The minimum Gasteiger partial charge on any atom is -0.326 e. The quantitative estimate of drug-likeness (QED) is 0.882. The third-order valence-corrected chi connectivity index (χ3v) is 5.53.